The van der Waals surface area contributed by atoms with Crippen LogP contribution >= 0.6 is 0 Å². The van der Waals surface area contributed by atoms with Crippen LogP contribution in [0.1, 0.15) is 32.4 Å². The van der Waals surface area contributed by atoms with Crippen molar-refractivity contribution in [2.75, 3.05) is 0 Å². The van der Waals surface area contributed by atoms with Crippen molar-refractivity contribution in [1.29, 1.82) is 0 Å². The molecular weight excluding hydrogens is 253 g/mol. The first-order valence-electron chi connectivity index (χ1n) is 4.30. The number of aliphatic hydroxyl groups excluding tert-OH is 1. The number of rotatable bonds is 1. The van der Waals surface area contributed by atoms with Gasteiger partial charge in [-0.1, -0.05) is 26.3 Å². The molecule has 0 bridgehead atoms. The van der Waals surface area contributed by atoms with Gasteiger partial charge in [0.25, 0.3) is 0 Å². The SMILES string of the molecule is CC(C)(C)C(O)c1cc[c-]cc1O.[Y]. The van der Waals surface area contributed by atoms with E-state index >= 15 is 0 Å². The van der Waals surface area contributed by atoms with Gasteiger partial charge in [-0.3, -0.25) is 0 Å². The van der Waals surface area contributed by atoms with Crippen LogP contribution < -0.4 is 0 Å². The monoisotopic (exact) mass is 268 g/mol. The Bertz CT molecular complexity index is 292. The van der Waals surface area contributed by atoms with Crippen LogP contribution in [-0.2, 0) is 32.7 Å². The van der Waals surface area contributed by atoms with Crippen molar-refractivity contribution in [3.63, 3.8) is 0 Å². The number of phenolic OH excluding ortho intramolecular Hbond substituents is 1. The van der Waals surface area contributed by atoms with Crippen LogP contribution in [0.5, 0.6) is 5.75 Å². The van der Waals surface area contributed by atoms with Gasteiger partial charge in [-0.15, -0.1) is 6.07 Å². The van der Waals surface area contributed by atoms with Gasteiger partial charge in [0, 0.05) is 38.5 Å². The Balaban J connectivity index is 0.00000169. The van der Waals surface area contributed by atoms with Crippen LogP contribution in [0.15, 0.2) is 18.2 Å². The van der Waals surface area contributed by atoms with Crippen LogP contribution in [0, 0.1) is 11.5 Å². The summed E-state index contributed by atoms with van der Waals surface area (Å²) in [7, 11) is 0. The number of hydrogen-bond acceptors (Lipinski definition) is 2. The largest absolute Gasteiger partial charge is 0.565 e. The minimum atomic E-state index is -0.651. The average Bonchev–Trinajstić information content (AvgIpc) is 2.02. The Morgan fingerprint density at radius 3 is 2.36 bits per heavy atom. The molecule has 0 aliphatic carbocycles. The van der Waals surface area contributed by atoms with E-state index in [4.69, 9.17) is 0 Å². The molecular formula is C11H15O2Y-. The van der Waals surface area contributed by atoms with Gasteiger partial charge in [0.05, 0.1) is 6.10 Å². The normalized spacial score (nSPS) is 13.1. The fourth-order valence-electron chi connectivity index (χ4n) is 1.13. The number of hydrogen-bond donors (Lipinski definition) is 2. The fourth-order valence-corrected chi connectivity index (χ4v) is 1.13. The molecule has 0 saturated heterocycles. The van der Waals surface area contributed by atoms with Crippen LogP contribution in [-0.4, -0.2) is 10.2 Å². The van der Waals surface area contributed by atoms with Crippen molar-refractivity contribution in [3.8, 4) is 5.75 Å². The standard InChI is InChI=1S/C11H15O2.Y/c1-11(2,3)10(13)8-6-4-5-7-9(8)12;/h4,6-7,10,12-13H,1-3H3;/q-1;. The summed E-state index contributed by atoms with van der Waals surface area (Å²) in [5.41, 5.74) is 0.296. The van der Waals surface area contributed by atoms with Crippen LogP contribution in [0.3, 0.4) is 0 Å². The first-order valence-corrected chi connectivity index (χ1v) is 4.30. The maximum Gasteiger partial charge on any atom is 0.0652 e. The van der Waals surface area contributed by atoms with Crippen molar-refractivity contribution in [2.24, 2.45) is 5.41 Å². The van der Waals surface area contributed by atoms with E-state index in [1.54, 1.807) is 12.1 Å². The third-order valence-electron chi connectivity index (χ3n) is 1.99. The molecule has 0 aromatic heterocycles. The summed E-state index contributed by atoms with van der Waals surface area (Å²) >= 11 is 0. The van der Waals surface area contributed by atoms with Crippen LogP contribution in [0.2, 0.25) is 0 Å². The molecule has 0 fully saturated rings. The molecule has 1 aromatic rings. The molecule has 1 unspecified atom stereocenters. The van der Waals surface area contributed by atoms with E-state index in [2.05, 4.69) is 6.07 Å². The van der Waals surface area contributed by atoms with Crippen molar-refractivity contribution >= 4 is 0 Å². The van der Waals surface area contributed by atoms with Crippen molar-refractivity contribution < 1.29 is 42.9 Å². The topological polar surface area (TPSA) is 40.5 Å². The summed E-state index contributed by atoms with van der Waals surface area (Å²) in [6.07, 6.45) is -0.651. The molecule has 2 N–H and O–H groups in total. The van der Waals surface area contributed by atoms with Crippen molar-refractivity contribution in [3.05, 3.63) is 29.8 Å². The van der Waals surface area contributed by atoms with Gasteiger partial charge in [-0.25, -0.2) is 0 Å². The Morgan fingerprint density at radius 2 is 1.93 bits per heavy atom. The van der Waals surface area contributed by atoms with E-state index in [0.29, 0.717) is 5.56 Å². The number of phenols is 1. The Kier molecular flexibility index (Phi) is 5.28. The zero-order valence-electron chi connectivity index (χ0n) is 8.78. The quantitative estimate of drug-likeness (QED) is 0.767. The molecule has 75 valence electrons. The summed E-state index contributed by atoms with van der Waals surface area (Å²) in [6.45, 7) is 5.77. The van der Waals surface area contributed by atoms with Gasteiger partial charge in [-0.2, -0.15) is 18.2 Å². The third-order valence-corrected chi connectivity index (χ3v) is 1.99. The molecule has 1 atom stereocenters. The molecule has 0 saturated carbocycles. The maximum absolute atomic E-state index is 9.86. The second kappa shape index (κ2) is 5.25. The first-order chi connectivity index (χ1) is 5.93. The molecule has 1 rings (SSSR count). The zero-order valence-corrected chi connectivity index (χ0v) is 11.6. The molecule has 0 aliphatic heterocycles. The second-order valence-electron chi connectivity index (χ2n) is 4.25. The molecule has 0 heterocycles. The minimum absolute atomic E-state index is 0. The molecule has 3 heteroatoms. The van der Waals surface area contributed by atoms with E-state index in [1.165, 1.54) is 6.07 Å². The average molecular weight is 268 g/mol. The maximum atomic E-state index is 9.86. The summed E-state index contributed by atoms with van der Waals surface area (Å²) < 4.78 is 0. The van der Waals surface area contributed by atoms with Gasteiger partial charge in [-0.05, 0) is 5.41 Å². The second-order valence-corrected chi connectivity index (χ2v) is 4.25. The smallest absolute Gasteiger partial charge is 0.0652 e. The summed E-state index contributed by atoms with van der Waals surface area (Å²) in [4.78, 5) is 0. The first kappa shape index (κ1) is 14.1. The predicted molar refractivity (Wildman–Crippen MR) is 51.4 cm³/mol. The minimum Gasteiger partial charge on any atom is -0.565 e. The third kappa shape index (κ3) is 3.34. The molecule has 0 spiro atoms. The summed E-state index contributed by atoms with van der Waals surface area (Å²) in [5, 5.41) is 19.3. The number of aliphatic hydroxyl groups is 1. The Hall–Kier alpha value is 0.0839. The molecule has 1 aromatic carbocycles. The van der Waals surface area contributed by atoms with E-state index in [1.807, 2.05) is 20.8 Å². The van der Waals surface area contributed by atoms with E-state index in [-0.39, 0.29) is 43.9 Å². The Labute approximate surface area is 110 Å². The number of benzene rings is 1. The summed E-state index contributed by atoms with van der Waals surface area (Å²) in [6, 6.07) is 7.58. The molecule has 0 aliphatic rings. The van der Waals surface area contributed by atoms with Crippen LogP contribution in [0.25, 0.3) is 0 Å². The van der Waals surface area contributed by atoms with Gasteiger partial charge in [0.1, 0.15) is 0 Å². The van der Waals surface area contributed by atoms with Crippen LogP contribution in [0.4, 0.5) is 0 Å². The van der Waals surface area contributed by atoms with E-state index < -0.39 is 6.10 Å². The summed E-state index contributed by atoms with van der Waals surface area (Å²) in [5.74, 6) is 0.102. The zero-order chi connectivity index (χ0) is 10.1. The van der Waals surface area contributed by atoms with Gasteiger partial charge in [0.15, 0.2) is 0 Å². The van der Waals surface area contributed by atoms with E-state index in [9.17, 15) is 10.2 Å². The van der Waals surface area contributed by atoms with E-state index in [0.717, 1.165) is 0 Å². The predicted octanol–water partition coefficient (Wildman–Crippen LogP) is 2.27. The van der Waals surface area contributed by atoms with Gasteiger partial charge < -0.3 is 10.2 Å². The van der Waals surface area contributed by atoms with Gasteiger partial charge in [0.2, 0.25) is 0 Å². The van der Waals surface area contributed by atoms with Gasteiger partial charge >= 0.3 is 0 Å². The molecule has 2 nitrogen and oxygen atoms in total. The Morgan fingerprint density at radius 1 is 1.36 bits per heavy atom. The fraction of sp³-hybridized carbons (Fsp3) is 0.455. The molecule has 1 radical (unpaired) electrons. The van der Waals surface area contributed by atoms with Crippen molar-refractivity contribution in [2.45, 2.75) is 26.9 Å². The number of aromatic hydroxyl groups is 1. The molecule has 0 amide bonds. The van der Waals surface area contributed by atoms with Crippen molar-refractivity contribution in [1.82, 2.24) is 0 Å². The molecule has 14 heavy (non-hydrogen) atoms.